The zero-order valence-corrected chi connectivity index (χ0v) is 16.7. The van der Waals surface area contributed by atoms with Gasteiger partial charge in [0.25, 0.3) is 5.92 Å². The van der Waals surface area contributed by atoms with Crippen molar-refractivity contribution in [3.63, 3.8) is 0 Å². The van der Waals surface area contributed by atoms with Crippen LogP contribution < -0.4 is 5.43 Å². The SMILES string of the molecule is Cc1c(C2CO[C@H]3[C@@H]2OCC3(F)F)ccc(F)c1F.N#Cc1nccc2[nH]ccc(=O)c12. The van der Waals surface area contributed by atoms with Gasteiger partial charge in [-0.05, 0) is 30.2 Å². The van der Waals surface area contributed by atoms with E-state index in [0.29, 0.717) is 16.5 Å². The quantitative estimate of drug-likeness (QED) is 0.576. The molecule has 1 unspecified atom stereocenters. The number of hydrogen-bond acceptors (Lipinski definition) is 5. The van der Waals surface area contributed by atoms with E-state index in [1.165, 1.54) is 25.3 Å². The molecule has 1 aromatic carbocycles. The number of rotatable bonds is 1. The minimum atomic E-state index is -3.02. The highest BCUT2D eigenvalue weighted by Crippen LogP contribution is 2.45. The molecule has 5 rings (SSSR count). The number of nitrogens with zero attached hydrogens (tertiary/aromatic N) is 2. The van der Waals surface area contributed by atoms with Crippen LogP contribution in [0.2, 0.25) is 0 Å². The number of halogens is 4. The first-order valence-electron chi connectivity index (χ1n) is 9.66. The highest BCUT2D eigenvalue weighted by molar-refractivity contribution is 5.82. The summed E-state index contributed by atoms with van der Waals surface area (Å²) in [6, 6.07) is 7.33. The van der Waals surface area contributed by atoms with E-state index in [1.807, 2.05) is 6.07 Å². The molecule has 0 radical (unpaired) electrons. The summed E-state index contributed by atoms with van der Waals surface area (Å²) in [4.78, 5) is 18.0. The maximum Gasteiger partial charge on any atom is 0.299 e. The molecule has 1 N–H and O–H groups in total. The van der Waals surface area contributed by atoms with Crippen LogP contribution in [-0.4, -0.2) is 41.3 Å². The lowest BCUT2D eigenvalue weighted by atomic mass is 9.89. The van der Waals surface area contributed by atoms with Crippen molar-refractivity contribution in [2.45, 2.75) is 31.0 Å². The molecule has 6 nitrogen and oxygen atoms in total. The number of pyridine rings is 2. The minimum Gasteiger partial charge on any atom is -0.368 e. The van der Waals surface area contributed by atoms with Gasteiger partial charge in [-0.3, -0.25) is 4.79 Å². The summed E-state index contributed by atoms with van der Waals surface area (Å²) < 4.78 is 63.7. The molecule has 166 valence electrons. The maximum absolute atomic E-state index is 13.5. The Labute approximate surface area is 179 Å². The van der Waals surface area contributed by atoms with Gasteiger partial charge in [-0.2, -0.15) is 5.26 Å². The fraction of sp³-hybridized carbons (Fsp3) is 0.318. The maximum atomic E-state index is 13.5. The molecule has 4 heterocycles. The number of H-pyrrole nitrogens is 1. The van der Waals surface area contributed by atoms with Gasteiger partial charge in [0.2, 0.25) is 0 Å². The summed E-state index contributed by atoms with van der Waals surface area (Å²) in [5.41, 5.74) is 1.20. The first-order chi connectivity index (χ1) is 15.2. The molecule has 2 aliphatic heterocycles. The van der Waals surface area contributed by atoms with Crippen molar-refractivity contribution >= 4 is 10.9 Å². The lowest BCUT2D eigenvalue weighted by Crippen LogP contribution is -2.34. The van der Waals surface area contributed by atoms with Crippen LogP contribution in [0.4, 0.5) is 17.6 Å². The Kier molecular flexibility index (Phi) is 5.71. The number of fused-ring (bicyclic) bond motifs is 2. The Morgan fingerprint density at radius 2 is 2.00 bits per heavy atom. The molecule has 0 saturated carbocycles. The second-order valence-electron chi connectivity index (χ2n) is 7.51. The second-order valence-corrected chi connectivity index (χ2v) is 7.51. The molecule has 10 heteroatoms. The van der Waals surface area contributed by atoms with Crippen LogP contribution in [0, 0.1) is 29.9 Å². The fourth-order valence-electron chi connectivity index (χ4n) is 4.01. The van der Waals surface area contributed by atoms with Crippen LogP contribution in [0.1, 0.15) is 22.7 Å². The zero-order chi connectivity index (χ0) is 23.0. The van der Waals surface area contributed by atoms with Gasteiger partial charge < -0.3 is 14.5 Å². The van der Waals surface area contributed by atoms with Crippen LogP contribution in [0.5, 0.6) is 0 Å². The molecule has 2 aromatic heterocycles. The Morgan fingerprint density at radius 3 is 2.75 bits per heavy atom. The van der Waals surface area contributed by atoms with Crippen molar-refractivity contribution in [3.05, 3.63) is 75.3 Å². The normalized spacial score (nSPS) is 23.3. The number of ether oxygens (including phenoxy) is 2. The standard InChI is InChI=1S/C13H12F4O2.C9H5N3O/c1-6-7(2-3-9(14)10(6)15)8-4-18-12-11(8)19-5-13(12,16)17;10-5-7-9-6(1-3-12-7)11-4-2-8(9)13/h2-3,8,11-12H,4-5H2,1H3;1-4H,(H,11,13)/t8?,11-,12+;/m1./s1. The highest BCUT2D eigenvalue weighted by atomic mass is 19.3. The molecular formula is C22H17F4N3O3. The minimum absolute atomic E-state index is 0.0246. The summed E-state index contributed by atoms with van der Waals surface area (Å²) in [5.74, 6) is -5.42. The number of nitrogens with one attached hydrogen (secondary N) is 1. The van der Waals surface area contributed by atoms with E-state index < -0.39 is 42.3 Å². The van der Waals surface area contributed by atoms with Gasteiger partial charge in [-0.1, -0.05) is 6.07 Å². The Morgan fingerprint density at radius 1 is 1.22 bits per heavy atom. The summed E-state index contributed by atoms with van der Waals surface area (Å²) in [6.45, 7) is 0.757. The van der Waals surface area contributed by atoms with E-state index in [2.05, 4.69) is 9.97 Å². The third-order valence-corrected chi connectivity index (χ3v) is 5.59. The van der Waals surface area contributed by atoms with Crippen LogP contribution >= 0.6 is 0 Å². The average molecular weight is 447 g/mol. The summed E-state index contributed by atoms with van der Waals surface area (Å²) in [7, 11) is 0. The van der Waals surface area contributed by atoms with Crippen molar-refractivity contribution in [3.8, 4) is 6.07 Å². The van der Waals surface area contributed by atoms with Gasteiger partial charge in [-0.15, -0.1) is 0 Å². The predicted molar refractivity (Wildman–Crippen MR) is 105 cm³/mol. The second kappa shape index (κ2) is 8.33. The average Bonchev–Trinajstić information content (AvgIpc) is 3.33. The number of aromatic nitrogens is 2. The molecule has 32 heavy (non-hydrogen) atoms. The fourth-order valence-corrected chi connectivity index (χ4v) is 4.01. The predicted octanol–water partition coefficient (Wildman–Crippen LogP) is 3.58. The Hall–Kier alpha value is -3.29. The van der Waals surface area contributed by atoms with Crippen LogP contribution in [0.3, 0.4) is 0 Å². The summed E-state index contributed by atoms with van der Waals surface area (Å²) in [5, 5.41) is 9.05. The van der Waals surface area contributed by atoms with E-state index in [9.17, 15) is 22.4 Å². The van der Waals surface area contributed by atoms with Crippen LogP contribution in [-0.2, 0) is 9.47 Å². The van der Waals surface area contributed by atoms with Crippen molar-refractivity contribution in [1.82, 2.24) is 9.97 Å². The van der Waals surface area contributed by atoms with E-state index in [0.717, 1.165) is 6.07 Å². The molecular weight excluding hydrogens is 430 g/mol. The van der Waals surface area contributed by atoms with Gasteiger partial charge in [0, 0.05) is 24.4 Å². The van der Waals surface area contributed by atoms with Crippen molar-refractivity contribution in [1.29, 1.82) is 5.26 Å². The van der Waals surface area contributed by atoms with E-state index >= 15 is 0 Å². The first-order valence-corrected chi connectivity index (χ1v) is 9.66. The monoisotopic (exact) mass is 447 g/mol. The molecule has 3 atom stereocenters. The number of benzene rings is 1. The van der Waals surface area contributed by atoms with Crippen LogP contribution in [0.15, 0.2) is 41.5 Å². The molecule has 0 bridgehead atoms. The van der Waals surface area contributed by atoms with Crippen molar-refractivity contribution < 1.29 is 27.0 Å². The first kappa shape index (κ1) is 21.9. The molecule has 0 aliphatic carbocycles. The zero-order valence-electron chi connectivity index (χ0n) is 16.7. The molecule has 2 fully saturated rings. The largest absolute Gasteiger partial charge is 0.368 e. The highest BCUT2D eigenvalue weighted by Gasteiger charge is 2.58. The Bertz CT molecular complexity index is 1270. The molecule has 0 spiro atoms. The smallest absolute Gasteiger partial charge is 0.299 e. The molecule has 2 aliphatic rings. The van der Waals surface area contributed by atoms with Gasteiger partial charge >= 0.3 is 0 Å². The number of alkyl halides is 2. The summed E-state index contributed by atoms with van der Waals surface area (Å²) >= 11 is 0. The van der Waals surface area contributed by atoms with Crippen molar-refractivity contribution in [2.24, 2.45) is 0 Å². The molecule has 0 amide bonds. The lowest BCUT2D eigenvalue weighted by Gasteiger charge is -2.18. The number of nitriles is 1. The van der Waals surface area contributed by atoms with Gasteiger partial charge in [-0.25, -0.2) is 22.5 Å². The van der Waals surface area contributed by atoms with Gasteiger partial charge in [0.15, 0.2) is 28.9 Å². The van der Waals surface area contributed by atoms with Gasteiger partial charge in [0.1, 0.15) is 12.7 Å². The van der Waals surface area contributed by atoms with Crippen LogP contribution in [0.25, 0.3) is 10.9 Å². The van der Waals surface area contributed by atoms with E-state index in [-0.39, 0.29) is 23.3 Å². The third-order valence-electron chi connectivity index (χ3n) is 5.59. The molecule has 3 aromatic rings. The van der Waals surface area contributed by atoms with Gasteiger partial charge in [0.05, 0.1) is 23.6 Å². The van der Waals surface area contributed by atoms with Crippen molar-refractivity contribution in [2.75, 3.05) is 13.2 Å². The topological polar surface area (TPSA) is 88.0 Å². The number of hydrogen-bond donors (Lipinski definition) is 1. The van der Waals surface area contributed by atoms with E-state index in [1.54, 1.807) is 12.3 Å². The Balaban J connectivity index is 0.000000165. The third kappa shape index (κ3) is 3.74. The lowest BCUT2D eigenvalue weighted by molar-refractivity contribution is -0.0946. The summed E-state index contributed by atoms with van der Waals surface area (Å²) in [6.07, 6.45) is 0.936. The van der Waals surface area contributed by atoms with E-state index in [4.69, 9.17) is 14.7 Å². The number of aromatic amines is 1. The molecule has 2 saturated heterocycles.